The first-order valence-electron chi connectivity index (χ1n) is 4.43. The van der Waals surface area contributed by atoms with E-state index >= 15 is 0 Å². The van der Waals surface area contributed by atoms with E-state index < -0.39 is 0 Å². The molecule has 4 nitrogen and oxygen atoms in total. The minimum absolute atomic E-state index is 0.146. The van der Waals surface area contributed by atoms with Crippen LogP contribution in [0.5, 0.6) is 0 Å². The molecule has 0 bridgehead atoms. The van der Waals surface area contributed by atoms with Crippen molar-refractivity contribution in [1.82, 2.24) is 10.6 Å². The number of nitrogens with one attached hydrogen (secondary N) is 2. The predicted molar refractivity (Wildman–Crippen MR) is 47.6 cm³/mol. The highest BCUT2D eigenvalue weighted by Crippen LogP contribution is 2.15. The number of hydrogen-bond acceptors (Lipinski definition) is 3. The molecule has 0 radical (unpaired) electrons. The summed E-state index contributed by atoms with van der Waals surface area (Å²) in [4.78, 5) is 11.0. The highest BCUT2D eigenvalue weighted by atomic mass is 16.1. The second-order valence-corrected chi connectivity index (χ2v) is 3.26. The lowest BCUT2D eigenvalue weighted by Gasteiger charge is -2.28. The molecule has 1 unspecified atom stereocenters. The second-order valence-electron chi connectivity index (χ2n) is 3.26. The van der Waals surface area contributed by atoms with E-state index in [9.17, 15) is 4.79 Å². The average Bonchev–Trinajstić information content (AvgIpc) is 2.07. The first-order valence-corrected chi connectivity index (χ1v) is 4.43. The molecule has 1 aliphatic heterocycles. The standard InChI is InChI=1S/C8H17N3O/c1-10-7(8(9)12)6-2-4-11-5-3-6/h6-7,10-11H,2-5H2,1H3,(H2,9,12). The van der Waals surface area contributed by atoms with Crippen LogP contribution in [0.4, 0.5) is 0 Å². The van der Waals surface area contributed by atoms with Gasteiger partial charge in [0.05, 0.1) is 6.04 Å². The maximum absolute atomic E-state index is 11.0. The van der Waals surface area contributed by atoms with Crippen molar-refractivity contribution in [3.63, 3.8) is 0 Å². The summed E-state index contributed by atoms with van der Waals surface area (Å²) in [6, 6.07) is -0.146. The Balaban J connectivity index is 2.46. The van der Waals surface area contributed by atoms with Gasteiger partial charge < -0.3 is 16.4 Å². The van der Waals surface area contributed by atoms with Gasteiger partial charge in [-0.3, -0.25) is 4.79 Å². The van der Waals surface area contributed by atoms with Crippen LogP contribution < -0.4 is 16.4 Å². The topological polar surface area (TPSA) is 67.1 Å². The molecule has 0 aliphatic carbocycles. The van der Waals surface area contributed by atoms with Gasteiger partial charge in [0.1, 0.15) is 0 Å². The summed E-state index contributed by atoms with van der Waals surface area (Å²) in [6.45, 7) is 1.99. The van der Waals surface area contributed by atoms with Crippen molar-refractivity contribution in [2.24, 2.45) is 11.7 Å². The molecule has 12 heavy (non-hydrogen) atoms. The maximum Gasteiger partial charge on any atom is 0.234 e. The van der Waals surface area contributed by atoms with E-state index in [2.05, 4.69) is 10.6 Å². The predicted octanol–water partition coefficient (Wildman–Crippen LogP) is -0.941. The lowest BCUT2D eigenvalue weighted by atomic mass is 9.90. The van der Waals surface area contributed by atoms with Gasteiger partial charge in [-0.2, -0.15) is 0 Å². The molecular weight excluding hydrogens is 154 g/mol. The first-order chi connectivity index (χ1) is 5.75. The van der Waals surface area contributed by atoms with Crippen molar-refractivity contribution >= 4 is 5.91 Å². The van der Waals surface area contributed by atoms with Crippen LogP contribution in [0.3, 0.4) is 0 Å². The van der Waals surface area contributed by atoms with Crippen LogP contribution in [0.1, 0.15) is 12.8 Å². The summed E-state index contributed by atoms with van der Waals surface area (Å²) in [5, 5.41) is 6.22. The van der Waals surface area contributed by atoms with E-state index in [-0.39, 0.29) is 11.9 Å². The Kier molecular flexibility index (Phi) is 3.49. The Labute approximate surface area is 72.9 Å². The van der Waals surface area contributed by atoms with Gasteiger partial charge in [0, 0.05) is 0 Å². The van der Waals surface area contributed by atoms with Gasteiger partial charge in [0.2, 0.25) is 5.91 Å². The van der Waals surface area contributed by atoms with E-state index in [1.807, 2.05) is 0 Å². The van der Waals surface area contributed by atoms with Gasteiger partial charge in [-0.1, -0.05) is 0 Å². The number of likely N-dealkylation sites (N-methyl/N-ethyl adjacent to an activating group) is 1. The Bertz CT molecular complexity index is 154. The number of carbonyl (C=O) groups is 1. The van der Waals surface area contributed by atoms with Gasteiger partial charge in [-0.05, 0) is 38.9 Å². The fourth-order valence-electron chi connectivity index (χ4n) is 1.79. The number of primary amides is 1. The van der Waals surface area contributed by atoms with E-state index in [1.165, 1.54) is 0 Å². The lowest BCUT2D eigenvalue weighted by molar-refractivity contribution is -0.121. The maximum atomic E-state index is 11.0. The summed E-state index contributed by atoms with van der Waals surface area (Å²) >= 11 is 0. The quantitative estimate of drug-likeness (QED) is 0.513. The van der Waals surface area contributed by atoms with Gasteiger partial charge in [0.25, 0.3) is 0 Å². The van der Waals surface area contributed by atoms with E-state index in [1.54, 1.807) is 7.05 Å². The van der Waals surface area contributed by atoms with E-state index in [0.717, 1.165) is 25.9 Å². The number of carbonyl (C=O) groups excluding carboxylic acids is 1. The third-order valence-electron chi connectivity index (χ3n) is 2.47. The Morgan fingerprint density at radius 1 is 1.58 bits per heavy atom. The third kappa shape index (κ3) is 2.19. The molecule has 70 valence electrons. The lowest BCUT2D eigenvalue weighted by Crippen LogP contribution is -2.48. The number of nitrogens with two attached hydrogens (primary N) is 1. The van der Waals surface area contributed by atoms with Crippen molar-refractivity contribution < 1.29 is 4.79 Å². The largest absolute Gasteiger partial charge is 0.368 e. The highest BCUT2D eigenvalue weighted by molar-refractivity contribution is 5.80. The Morgan fingerprint density at radius 3 is 2.58 bits per heavy atom. The number of rotatable bonds is 3. The third-order valence-corrected chi connectivity index (χ3v) is 2.47. The van der Waals surface area contributed by atoms with Crippen LogP contribution in [-0.4, -0.2) is 32.1 Å². The van der Waals surface area contributed by atoms with Crippen molar-refractivity contribution in [3.05, 3.63) is 0 Å². The van der Waals surface area contributed by atoms with Crippen LogP contribution in [0.2, 0.25) is 0 Å². The van der Waals surface area contributed by atoms with Crippen molar-refractivity contribution in [2.45, 2.75) is 18.9 Å². The molecule has 4 N–H and O–H groups in total. The Hall–Kier alpha value is -0.610. The molecule has 1 rings (SSSR count). The summed E-state index contributed by atoms with van der Waals surface area (Å²) < 4.78 is 0. The summed E-state index contributed by atoms with van der Waals surface area (Å²) in [6.07, 6.45) is 2.07. The number of amides is 1. The molecule has 0 aromatic carbocycles. The molecule has 1 atom stereocenters. The highest BCUT2D eigenvalue weighted by Gasteiger charge is 2.25. The molecule has 0 saturated carbocycles. The normalized spacial score (nSPS) is 22.1. The van der Waals surface area contributed by atoms with Crippen LogP contribution >= 0.6 is 0 Å². The summed E-state index contributed by atoms with van der Waals surface area (Å²) in [5.41, 5.74) is 5.26. The van der Waals surface area contributed by atoms with Crippen molar-refractivity contribution in [1.29, 1.82) is 0 Å². The summed E-state index contributed by atoms with van der Waals surface area (Å²) in [7, 11) is 1.79. The molecular formula is C8H17N3O. The monoisotopic (exact) mass is 171 g/mol. The van der Waals surface area contributed by atoms with E-state index in [0.29, 0.717) is 5.92 Å². The first kappa shape index (κ1) is 9.48. The second kappa shape index (κ2) is 4.42. The molecule has 0 spiro atoms. The minimum atomic E-state index is -0.232. The fraction of sp³-hybridized carbons (Fsp3) is 0.875. The molecule has 1 aliphatic rings. The van der Waals surface area contributed by atoms with Crippen molar-refractivity contribution in [2.75, 3.05) is 20.1 Å². The van der Waals surface area contributed by atoms with Crippen LogP contribution in [0.15, 0.2) is 0 Å². The number of hydrogen-bond donors (Lipinski definition) is 3. The molecule has 1 saturated heterocycles. The van der Waals surface area contributed by atoms with Gasteiger partial charge >= 0.3 is 0 Å². The van der Waals surface area contributed by atoms with Crippen LogP contribution in [0.25, 0.3) is 0 Å². The van der Waals surface area contributed by atoms with Crippen molar-refractivity contribution in [3.8, 4) is 0 Å². The SMILES string of the molecule is CNC(C(N)=O)C1CCNCC1. The molecule has 4 heteroatoms. The molecule has 0 aromatic heterocycles. The van der Waals surface area contributed by atoms with Gasteiger partial charge in [-0.25, -0.2) is 0 Å². The van der Waals surface area contributed by atoms with Crippen LogP contribution in [0, 0.1) is 5.92 Å². The summed E-state index contributed by atoms with van der Waals surface area (Å²) in [5.74, 6) is 0.179. The van der Waals surface area contributed by atoms with Gasteiger partial charge in [0.15, 0.2) is 0 Å². The molecule has 1 fully saturated rings. The molecule has 1 heterocycles. The van der Waals surface area contributed by atoms with Gasteiger partial charge in [-0.15, -0.1) is 0 Å². The zero-order valence-electron chi connectivity index (χ0n) is 7.47. The molecule has 0 aromatic rings. The zero-order chi connectivity index (χ0) is 8.97. The average molecular weight is 171 g/mol. The molecule has 1 amide bonds. The zero-order valence-corrected chi connectivity index (χ0v) is 7.47. The fourth-order valence-corrected chi connectivity index (χ4v) is 1.79. The minimum Gasteiger partial charge on any atom is -0.368 e. The smallest absolute Gasteiger partial charge is 0.234 e. The van der Waals surface area contributed by atoms with E-state index in [4.69, 9.17) is 5.73 Å². The Morgan fingerprint density at radius 2 is 2.17 bits per heavy atom. The number of piperidine rings is 1. The van der Waals surface area contributed by atoms with Crippen LogP contribution in [-0.2, 0) is 4.79 Å².